The molecule has 0 aromatic heterocycles. The minimum Gasteiger partial charge on any atom is -0.480 e. The van der Waals surface area contributed by atoms with Crippen molar-refractivity contribution in [1.82, 2.24) is 10.2 Å². The second-order valence-electron chi connectivity index (χ2n) is 7.05. The van der Waals surface area contributed by atoms with E-state index in [1.54, 1.807) is 0 Å². The Bertz CT molecular complexity index is 647. The van der Waals surface area contributed by atoms with Crippen LogP contribution in [0.25, 0.3) is 0 Å². The second kappa shape index (κ2) is 8.80. The Morgan fingerprint density at radius 2 is 1.92 bits per heavy atom. The fourth-order valence-electron chi connectivity index (χ4n) is 3.10. The second-order valence-corrected chi connectivity index (χ2v) is 7.05. The number of amides is 2. The van der Waals surface area contributed by atoms with Gasteiger partial charge in [-0.2, -0.15) is 0 Å². The molecule has 1 heterocycles. The lowest BCUT2D eigenvalue weighted by Crippen LogP contribution is -2.55. The molecule has 0 unspecified atom stereocenters. The Morgan fingerprint density at radius 3 is 2.50 bits per heavy atom. The van der Waals surface area contributed by atoms with Crippen molar-refractivity contribution in [2.24, 2.45) is 11.7 Å². The number of nitrogens with zero attached hydrogens (tertiary/aromatic N) is 1. The largest absolute Gasteiger partial charge is 0.480 e. The van der Waals surface area contributed by atoms with E-state index in [1.165, 1.54) is 4.90 Å². The molecular formula is C19H27N3O4. The smallest absolute Gasteiger partial charge is 0.326 e. The number of carboxylic acid groups (broad SMARTS) is 1. The number of nitrogens with two attached hydrogens (primary N) is 1. The van der Waals surface area contributed by atoms with Gasteiger partial charge in [0.15, 0.2) is 0 Å². The molecule has 142 valence electrons. The van der Waals surface area contributed by atoms with E-state index in [0.717, 1.165) is 5.56 Å². The molecule has 7 heteroatoms. The molecule has 3 atom stereocenters. The highest BCUT2D eigenvalue weighted by atomic mass is 16.4. The first-order valence-corrected chi connectivity index (χ1v) is 8.94. The van der Waals surface area contributed by atoms with Crippen molar-refractivity contribution in [3.8, 4) is 0 Å². The SMILES string of the molecule is CC(C)[C@H](N)C(=O)N1CCC[C@H]1C(=O)N[C@@H](Cc1ccccc1)C(=O)O. The molecule has 0 radical (unpaired) electrons. The van der Waals surface area contributed by atoms with Gasteiger partial charge in [0.2, 0.25) is 11.8 Å². The van der Waals surface area contributed by atoms with Gasteiger partial charge < -0.3 is 21.1 Å². The average Bonchev–Trinajstić information content (AvgIpc) is 3.10. The zero-order chi connectivity index (χ0) is 19.3. The topological polar surface area (TPSA) is 113 Å². The van der Waals surface area contributed by atoms with Gasteiger partial charge in [-0.1, -0.05) is 44.2 Å². The Kier molecular flexibility index (Phi) is 6.74. The summed E-state index contributed by atoms with van der Waals surface area (Å²) in [6.45, 7) is 4.18. The van der Waals surface area contributed by atoms with Crippen LogP contribution in [-0.2, 0) is 20.8 Å². The minimum absolute atomic E-state index is 0.0309. The van der Waals surface area contributed by atoms with Gasteiger partial charge >= 0.3 is 5.97 Å². The van der Waals surface area contributed by atoms with E-state index in [1.807, 2.05) is 44.2 Å². The van der Waals surface area contributed by atoms with Crippen LogP contribution in [0.2, 0.25) is 0 Å². The number of carboxylic acids is 1. The molecule has 0 spiro atoms. The van der Waals surface area contributed by atoms with Crippen molar-refractivity contribution < 1.29 is 19.5 Å². The standard InChI is InChI=1S/C19H27N3O4/c1-12(2)16(20)18(24)22-10-6-9-15(22)17(23)21-14(19(25)26)11-13-7-4-3-5-8-13/h3-5,7-8,12,14-16H,6,9-11,20H2,1-2H3,(H,21,23)(H,25,26)/t14-,15-,16-/m0/s1. The summed E-state index contributed by atoms with van der Waals surface area (Å²) in [5.74, 6) is -1.82. The van der Waals surface area contributed by atoms with E-state index in [4.69, 9.17) is 5.73 Å². The zero-order valence-electron chi connectivity index (χ0n) is 15.2. The van der Waals surface area contributed by atoms with Gasteiger partial charge in [-0.3, -0.25) is 9.59 Å². The van der Waals surface area contributed by atoms with E-state index in [0.29, 0.717) is 19.4 Å². The molecule has 2 rings (SSSR count). The number of hydrogen-bond donors (Lipinski definition) is 3. The molecule has 0 aliphatic carbocycles. The maximum atomic E-state index is 12.6. The maximum Gasteiger partial charge on any atom is 0.326 e. The Labute approximate surface area is 153 Å². The first-order valence-electron chi connectivity index (χ1n) is 8.94. The molecule has 2 amide bonds. The van der Waals surface area contributed by atoms with Gasteiger partial charge in [-0.05, 0) is 24.3 Å². The van der Waals surface area contributed by atoms with Crippen LogP contribution in [0, 0.1) is 5.92 Å². The number of rotatable bonds is 7. The summed E-state index contributed by atoms with van der Waals surface area (Å²) >= 11 is 0. The van der Waals surface area contributed by atoms with Gasteiger partial charge in [-0.25, -0.2) is 4.79 Å². The summed E-state index contributed by atoms with van der Waals surface area (Å²) in [4.78, 5) is 38.2. The number of carbonyl (C=O) groups is 3. The number of nitrogens with one attached hydrogen (secondary N) is 1. The highest BCUT2D eigenvalue weighted by molar-refractivity contribution is 5.92. The minimum atomic E-state index is -1.10. The number of aliphatic carboxylic acids is 1. The van der Waals surface area contributed by atoms with Crippen LogP contribution in [-0.4, -0.2) is 52.5 Å². The number of hydrogen-bond acceptors (Lipinski definition) is 4. The summed E-state index contributed by atoms with van der Waals surface area (Å²) in [7, 11) is 0. The average molecular weight is 361 g/mol. The molecule has 1 saturated heterocycles. The Hall–Kier alpha value is -2.41. The number of benzene rings is 1. The van der Waals surface area contributed by atoms with Crippen LogP contribution < -0.4 is 11.1 Å². The van der Waals surface area contributed by atoms with Crippen molar-refractivity contribution >= 4 is 17.8 Å². The van der Waals surface area contributed by atoms with Gasteiger partial charge in [0.1, 0.15) is 12.1 Å². The quantitative estimate of drug-likeness (QED) is 0.664. The Balaban J connectivity index is 2.05. The fraction of sp³-hybridized carbons (Fsp3) is 0.526. The third kappa shape index (κ3) is 4.82. The highest BCUT2D eigenvalue weighted by Gasteiger charge is 2.38. The maximum absolute atomic E-state index is 12.6. The number of likely N-dealkylation sites (tertiary alicyclic amines) is 1. The highest BCUT2D eigenvalue weighted by Crippen LogP contribution is 2.20. The van der Waals surface area contributed by atoms with Crippen LogP contribution in [0.15, 0.2) is 30.3 Å². The van der Waals surface area contributed by atoms with Crippen molar-refractivity contribution in [3.63, 3.8) is 0 Å². The lowest BCUT2D eigenvalue weighted by atomic mass is 10.0. The monoisotopic (exact) mass is 361 g/mol. The molecule has 0 bridgehead atoms. The predicted octanol–water partition coefficient (Wildman–Crippen LogP) is 0.773. The molecule has 4 N–H and O–H groups in total. The van der Waals surface area contributed by atoms with Crippen LogP contribution >= 0.6 is 0 Å². The first-order chi connectivity index (χ1) is 12.3. The third-order valence-electron chi connectivity index (χ3n) is 4.74. The van der Waals surface area contributed by atoms with Gasteiger partial charge in [-0.15, -0.1) is 0 Å². The summed E-state index contributed by atoms with van der Waals surface area (Å²) in [6, 6.07) is 6.75. The van der Waals surface area contributed by atoms with Gasteiger partial charge in [0.05, 0.1) is 6.04 Å². The summed E-state index contributed by atoms with van der Waals surface area (Å²) < 4.78 is 0. The molecule has 1 aromatic rings. The van der Waals surface area contributed by atoms with Crippen LogP contribution in [0.5, 0.6) is 0 Å². The van der Waals surface area contributed by atoms with E-state index in [2.05, 4.69) is 5.32 Å². The Morgan fingerprint density at radius 1 is 1.27 bits per heavy atom. The van der Waals surface area contributed by atoms with E-state index < -0.39 is 30.0 Å². The van der Waals surface area contributed by atoms with E-state index in [9.17, 15) is 19.5 Å². The van der Waals surface area contributed by atoms with Gasteiger partial charge in [0, 0.05) is 13.0 Å². The van der Waals surface area contributed by atoms with Crippen LogP contribution in [0.1, 0.15) is 32.3 Å². The molecule has 1 fully saturated rings. The van der Waals surface area contributed by atoms with Gasteiger partial charge in [0.25, 0.3) is 0 Å². The molecule has 1 aliphatic rings. The summed E-state index contributed by atoms with van der Waals surface area (Å²) in [6.07, 6.45) is 1.40. The van der Waals surface area contributed by atoms with Crippen molar-refractivity contribution in [2.45, 2.75) is 51.2 Å². The first kappa shape index (κ1) is 19.9. The third-order valence-corrected chi connectivity index (χ3v) is 4.74. The zero-order valence-corrected chi connectivity index (χ0v) is 15.2. The summed E-state index contributed by atoms with van der Waals surface area (Å²) in [5.41, 5.74) is 6.76. The lowest BCUT2D eigenvalue weighted by molar-refractivity contribution is -0.144. The lowest BCUT2D eigenvalue weighted by Gasteiger charge is -2.29. The number of carbonyl (C=O) groups excluding carboxylic acids is 2. The molecule has 0 saturated carbocycles. The summed E-state index contributed by atoms with van der Waals surface area (Å²) in [5, 5.41) is 12.0. The van der Waals surface area contributed by atoms with Crippen molar-refractivity contribution in [1.29, 1.82) is 0 Å². The van der Waals surface area contributed by atoms with Crippen molar-refractivity contribution in [2.75, 3.05) is 6.54 Å². The van der Waals surface area contributed by atoms with Crippen LogP contribution in [0.3, 0.4) is 0 Å². The molecular weight excluding hydrogens is 334 g/mol. The molecule has 7 nitrogen and oxygen atoms in total. The molecule has 1 aliphatic heterocycles. The van der Waals surface area contributed by atoms with E-state index >= 15 is 0 Å². The predicted molar refractivity (Wildman–Crippen MR) is 97.3 cm³/mol. The fourth-order valence-corrected chi connectivity index (χ4v) is 3.10. The van der Waals surface area contributed by atoms with Crippen LogP contribution in [0.4, 0.5) is 0 Å². The normalized spacial score (nSPS) is 19.2. The van der Waals surface area contributed by atoms with E-state index in [-0.39, 0.29) is 18.2 Å². The molecule has 26 heavy (non-hydrogen) atoms. The van der Waals surface area contributed by atoms with Crippen molar-refractivity contribution in [3.05, 3.63) is 35.9 Å². The molecule has 1 aromatic carbocycles.